The highest BCUT2D eigenvalue weighted by Gasteiger charge is 2.16. The van der Waals surface area contributed by atoms with Crippen molar-refractivity contribution in [3.05, 3.63) is 60.2 Å². The van der Waals surface area contributed by atoms with Crippen molar-refractivity contribution in [2.24, 2.45) is 0 Å². The molecule has 0 aliphatic heterocycles. The third kappa shape index (κ3) is 3.55. The van der Waals surface area contributed by atoms with E-state index < -0.39 is 21.8 Å². The predicted molar refractivity (Wildman–Crippen MR) is 92.8 cm³/mol. The van der Waals surface area contributed by atoms with Crippen molar-refractivity contribution in [2.75, 3.05) is 12.4 Å². The predicted octanol–water partition coefficient (Wildman–Crippen LogP) is 3.43. The lowest BCUT2D eigenvalue weighted by Gasteiger charge is -2.11. The van der Waals surface area contributed by atoms with Crippen molar-refractivity contribution in [1.82, 2.24) is 0 Å². The smallest absolute Gasteiger partial charge is 0.339 e. The van der Waals surface area contributed by atoms with Crippen molar-refractivity contribution in [1.29, 1.82) is 0 Å². The van der Waals surface area contributed by atoms with Crippen LogP contribution in [0.1, 0.15) is 16.8 Å². The third-order valence-electron chi connectivity index (χ3n) is 3.76. The molecule has 0 unspecified atom stereocenters. The summed E-state index contributed by atoms with van der Waals surface area (Å²) >= 11 is 0. The van der Waals surface area contributed by atoms with Crippen LogP contribution >= 0.6 is 0 Å². The number of benzene rings is 3. The fourth-order valence-corrected chi connectivity index (χ4v) is 3.19. The molecule has 0 atom stereocenters. The number of ether oxygens (including phenoxy) is 1. The van der Waals surface area contributed by atoms with Gasteiger partial charge >= 0.3 is 5.97 Å². The first kappa shape index (κ1) is 16.4. The molecule has 1 N–H and O–H groups in total. The van der Waals surface area contributed by atoms with Crippen molar-refractivity contribution < 1.29 is 22.5 Å². The summed E-state index contributed by atoms with van der Waals surface area (Å²) in [5.41, 5.74) is 0.468. The first-order valence-electron chi connectivity index (χ1n) is 7.48. The van der Waals surface area contributed by atoms with Gasteiger partial charge in [0.2, 0.25) is 0 Å². The molecule has 6 heteroatoms. The Labute approximate surface area is 139 Å². The topological polar surface area (TPSA) is 80.7 Å². The summed E-state index contributed by atoms with van der Waals surface area (Å²) in [5.74, 6) is -0.936. The lowest BCUT2D eigenvalue weighted by molar-refractivity contribution is 0.0510. The Balaban J connectivity index is 1.95. The highest BCUT2D eigenvalue weighted by molar-refractivity contribution is 7.85. The first-order chi connectivity index (χ1) is 11.5. The summed E-state index contributed by atoms with van der Waals surface area (Å²) in [6, 6.07) is 17.1. The maximum absolute atomic E-state index is 12.6. The summed E-state index contributed by atoms with van der Waals surface area (Å²) < 4.78 is 35.4. The number of esters is 1. The second-order valence-electron chi connectivity index (χ2n) is 5.47. The number of hydrogen-bond donors (Lipinski definition) is 1. The molecular formula is C18H16O5S. The summed E-state index contributed by atoms with van der Waals surface area (Å²) in [4.78, 5) is 12.6. The van der Waals surface area contributed by atoms with Gasteiger partial charge in [-0.1, -0.05) is 48.5 Å². The molecule has 3 aromatic rings. The number of carbonyl (C=O) groups is 1. The SMILES string of the molecule is O=C(OCCCS(=O)(=O)O)c1c2ccccc2cc2ccccc12. The molecule has 0 saturated heterocycles. The Morgan fingerprint density at radius 1 is 0.958 bits per heavy atom. The summed E-state index contributed by atoms with van der Waals surface area (Å²) in [6.07, 6.45) is 0.0489. The molecule has 0 bridgehead atoms. The zero-order valence-electron chi connectivity index (χ0n) is 12.8. The molecule has 0 spiro atoms. The van der Waals surface area contributed by atoms with Crippen LogP contribution in [0.4, 0.5) is 0 Å². The molecule has 0 fully saturated rings. The second kappa shape index (κ2) is 6.59. The van der Waals surface area contributed by atoms with Gasteiger partial charge in [0.25, 0.3) is 10.1 Å². The molecule has 24 heavy (non-hydrogen) atoms. The van der Waals surface area contributed by atoms with Crippen molar-refractivity contribution >= 4 is 37.6 Å². The van der Waals surface area contributed by atoms with Gasteiger partial charge in [-0.15, -0.1) is 0 Å². The standard InChI is InChI=1S/C18H16O5S/c19-18(23-10-5-11-24(20,21)22)17-15-8-3-1-6-13(15)12-14-7-2-4-9-16(14)17/h1-4,6-9,12H,5,10-11H2,(H,20,21,22). The molecule has 5 nitrogen and oxygen atoms in total. The largest absolute Gasteiger partial charge is 0.462 e. The minimum absolute atomic E-state index is 0.0489. The zero-order chi connectivity index (χ0) is 17.2. The fraction of sp³-hybridized carbons (Fsp3) is 0.167. The van der Waals surface area contributed by atoms with Gasteiger partial charge in [0.1, 0.15) is 0 Å². The Kier molecular flexibility index (Phi) is 4.51. The van der Waals surface area contributed by atoms with Crippen LogP contribution in [0.2, 0.25) is 0 Å². The van der Waals surface area contributed by atoms with Crippen LogP contribution in [0.15, 0.2) is 54.6 Å². The molecule has 124 valence electrons. The van der Waals surface area contributed by atoms with Gasteiger partial charge in [-0.25, -0.2) is 4.79 Å². The van der Waals surface area contributed by atoms with Crippen LogP contribution in [0.3, 0.4) is 0 Å². The summed E-state index contributed by atoms with van der Waals surface area (Å²) in [5, 5.41) is 3.44. The molecule has 3 rings (SSSR count). The van der Waals surface area contributed by atoms with E-state index in [1.54, 1.807) is 0 Å². The number of fused-ring (bicyclic) bond motifs is 2. The third-order valence-corrected chi connectivity index (χ3v) is 4.56. The minimum atomic E-state index is -4.05. The number of rotatable bonds is 5. The molecule has 0 aliphatic carbocycles. The lowest BCUT2D eigenvalue weighted by Crippen LogP contribution is -2.11. The Morgan fingerprint density at radius 3 is 2.04 bits per heavy atom. The number of carbonyl (C=O) groups excluding carboxylic acids is 1. The van der Waals surface area contributed by atoms with E-state index >= 15 is 0 Å². The molecule has 0 aliphatic rings. The van der Waals surface area contributed by atoms with Crippen molar-refractivity contribution in [3.63, 3.8) is 0 Å². The van der Waals surface area contributed by atoms with E-state index in [2.05, 4.69) is 0 Å². The first-order valence-corrected chi connectivity index (χ1v) is 9.09. The van der Waals surface area contributed by atoms with Gasteiger partial charge in [-0.05, 0) is 34.0 Å². The van der Waals surface area contributed by atoms with Crippen LogP contribution in [-0.2, 0) is 14.9 Å². The molecule has 0 radical (unpaired) electrons. The molecule has 0 aromatic heterocycles. The number of hydrogen-bond acceptors (Lipinski definition) is 4. The van der Waals surface area contributed by atoms with Crippen LogP contribution in [-0.4, -0.2) is 31.3 Å². The van der Waals surface area contributed by atoms with Gasteiger partial charge < -0.3 is 4.74 Å². The summed E-state index contributed by atoms with van der Waals surface area (Å²) in [7, 11) is -4.05. The normalized spacial score (nSPS) is 11.7. The molecule has 0 amide bonds. The maximum Gasteiger partial charge on any atom is 0.339 e. The fourth-order valence-electron chi connectivity index (χ4n) is 2.71. The van der Waals surface area contributed by atoms with E-state index in [9.17, 15) is 13.2 Å². The highest BCUT2D eigenvalue weighted by Crippen LogP contribution is 2.29. The van der Waals surface area contributed by atoms with E-state index in [0.717, 1.165) is 21.5 Å². The lowest BCUT2D eigenvalue weighted by atomic mass is 9.97. The average Bonchev–Trinajstić information content (AvgIpc) is 2.55. The second-order valence-corrected chi connectivity index (χ2v) is 7.04. The zero-order valence-corrected chi connectivity index (χ0v) is 13.6. The minimum Gasteiger partial charge on any atom is -0.462 e. The van der Waals surface area contributed by atoms with Gasteiger partial charge in [0.05, 0.1) is 17.9 Å². The summed E-state index contributed by atoms with van der Waals surface area (Å²) in [6.45, 7) is -0.0732. The Morgan fingerprint density at radius 2 is 1.50 bits per heavy atom. The molecule has 0 saturated carbocycles. The average molecular weight is 344 g/mol. The van der Waals surface area contributed by atoms with Crippen LogP contribution in [0.5, 0.6) is 0 Å². The van der Waals surface area contributed by atoms with Crippen molar-refractivity contribution in [3.8, 4) is 0 Å². The van der Waals surface area contributed by atoms with Gasteiger partial charge in [-0.2, -0.15) is 8.42 Å². The molecule has 3 aromatic carbocycles. The van der Waals surface area contributed by atoms with Crippen LogP contribution in [0.25, 0.3) is 21.5 Å². The van der Waals surface area contributed by atoms with E-state index in [-0.39, 0.29) is 13.0 Å². The molecular weight excluding hydrogens is 328 g/mol. The maximum atomic E-state index is 12.6. The van der Waals surface area contributed by atoms with Crippen molar-refractivity contribution in [2.45, 2.75) is 6.42 Å². The van der Waals surface area contributed by atoms with E-state index in [0.29, 0.717) is 5.56 Å². The van der Waals surface area contributed by atoms with Gasteiger partial charge in [0.15, 0.2) is 0 Å². The van der Waals surface area contributed by atoms with Crippen LogP contribution in [0, 0.1) is 0 Å². The molecule has 0 heterocycles. The van der Waals surface area contributed by atoms with Gasteiger partial charge in [-0.3, -0.25) is 4.55 Å². The monoisotopic (exact) mass is 344 g/mol. The Hall–Kier alpha value is -2.44. The van der Waals surface area contributed by atoms with Gasteiger partial charge in [0, 0.05) is 0 Å². The van der Waals surface area contributed by atoms with E-state index in [1.165, 1.54) is 0 Å². The van der Waals surface area contributed by atoms with E-state index in [4.69, 9.17) is 9.29 Å². The Bertz CT molecular complexity index is 954. The quantitative estimate of drug-likeness (QED) is 0.332. The highest BCUT2D eigenvalue weighted by atomic mass is 32.2. The van der Waals surface area contributed by atoms with Crippen LogP contribution < -0.4 is 0 Å². The van der Waals surface area contributed by atoms with E-state index in [1.807, 2.05) is 54.6 Å².